The lowest BCUT2D eigenvalue weighted by Crippen LogP contribution is -2.34. The molecule has 1 unspecified atom stereocenters. The van der Waals surface area contributed by atoms with E-state index in [1.54, 1.807) is 0 Å². The molecule has 0 fully saturated rings. The summed E-state index contributed by atoms with van der Waals surface area (Å²) in [6.07, 6.45) is 48.7. The van der Waals surface area contributed by atoms with Crippen LogP contribution >= 0.6 is 7.82 Å². The van der Waals surface area contributed by atoms with Crippen LogP contribution in [0.1, 0.15) is 187 Å². The highest BCUT2D eigenvalue weighted by Crippen LogP contribution is 2.43. The predicted molar refractivity (Wildman–Crippen MR) is 240 cm³/mol. The van der Waals surface area contributed by atoms with Gasteiger partial charge in [-0.15, -0.1) is 0 Å². The van der Waals surface area contributed by atoms with E-state index >= 15 is 0 Å². The minimum absolute atomic E-state index is 0.0977. The van der Waals surface area contributed by atoms with Gasteiger partial charge in [0.05, 0.1) is 13.2 Å². The van der Waals surface area contributed by atoms with Gasteiger partial charge >= 0.3 is 25.7 Å². The third kappa shape index (κ3) is 41.7. The first-order chi connectivity index (χ1) is 28.6. The van der Waals surface area contributed by atoms with Crippen molar-refractivity contribution in [3.8, 4) is 0 Å². The zero-order valence-electron chi connectivity index (χ0n) is 36.8. The van der Waals surface area contributed by atoms with E-state index in [2.05, 4.69) is 67.0 Å². The largest absolute Gasteiger partial charge is 0.480 e. The molecular weight excluding hydrogens is 769 g/mol. The van der Waals surface area contributed by atoms with E-state index in [0.29, 0.717) is 12.8 Å². The van der Waals surface area contributed by atoms with Gasteiger partial charge in [0.15, 0.2) is 6.10 Å². The Morgan fingerprint density at radius 3 is 1.41 bits per heavy atom. The minimum atomic E-state index is -4.73. The summed E-state index contributed by atoms with van der Waals surface area (Å²) in [6, 6.07) is -1.53. The molecule has 59 heavy (non-hydrogen) atoms. The molecule has 0 saturated heterocycles. The Morgan fingerprint density at radius 2 is 0.932 bits per heavy atom. The number of nitrogens with two attached hydrogens (primary N) is 1. The zero-order chi connectivity index (χ0) is 43.5. The molecule has 0 spiro atoms. The number of rotatable bonds is 42. The Kier molecular flexibility index (Phi) is 39.9. The van der Waals surface area contributed by atoms with Crippen LogP contribution in [0.5, 0.6) is 0 Å². The van der Waals surface area contributed by atoms with Gasteiger partial charge in [-0.1, -0.05) is 184 Å². The number of esters is 2. The lowest BCUT2D eigenvalue weighted by atomic mass is 10.0. The molecule has 11 nitrogen and oxygen atoms in total. The summed E-state index contributed by atoms with van der Waals surface area (Å²) in [5, 5.41) is 8.89. The second kappa shape index (κ2) is 41.9. The number of ether oxygens (including phenoxy) is 2. The molecule has 4 N–H and O–H groups in total. The first-order valence-corrected chi connectivity index (χ1v) is 24.3. The normalized spacial score (nSPS) is 14.2. The Hall–Kier alpha value is -2.82. The lowest BCUT2D eigenvalue weighted by molar-refractivity contribution is -0.161. The number of carboxylic acids is 1. The van der Waals surface area contributed by atoms with Crippen LogP contribution in [0.15, 0.2) is 60.8 Å². The van der Waals surface area contributed by atoms with Crippen LogP contribution in [0.3, 0.4) is 0 Å². The summed E-state index contributed by atoms with van der Waals surface area (Å²) in [6.45, 7) is 2.71. The van der Waals surface area contributed by atoms with Crippen LogP contribution in [0.4, 0.5) is 0 Å². The van der Waals surface area contributed by atoms with Crippen molar-refractivity contribution in [2.24, 2.45) is 5.73 Å². The van der Waals surface area contributed by atoms with Crippen LogP contribution < -0.4 is 5.73 Å². The summed E-state index contributed by atoms with van der Waals surface area (Å²) < 4.78 is 32.6. The van der Waals surface area contributed by atoms with Crippen molar-refractivity contribution in [1.29, 1.82) is 0 Å². The van der Waals surface area contributed by atoms with E-state index in [4.69, 9.17) is 24.8 Å². The highest BCUT2D eigenvalue weighted by atomic mass is 31.2. The summed E-state index contributed by atoms with van der Waals surface area (Å²) in [7, 11) is -4.73. The molecule has 0 aromatic carbocycles. The van der Waals surface area contributed by atoms with Gasteiger partial charge < -0.3 is 25.2 Å². The number of carbonyl (C=O) groups excluding carboxylic acids is 2. The molecule has 0 aromatic heterocycles. The van der Waals surface area contributed by atoms with Crippen molar-refractivity contribution >= 4 is 25.7 Å². The number of carbonyl (C=O) groups is 3. The summed E-state index contributed by atoms with van der Waals surface area (Å²) in [5.41, 5.74) is 5.33. The van der Waals surface area contributed by atoms with Gasteiger partial charge in [-0.2, -0.15) is 0 Å². The summed E-state index contributed by atoms with van der Waals surface area (Å²) >= 11 is 0. The predicted octanol–water partition coefficient (Wildman–Crippen LogP) is 12.3. The second-order valence-electron chi connectivity index (χ2n) is 15.2. The monoisotopic (exact) mass is 852 g/mol. The minimum Gasteiger partial charge on any atom is -0.480 e. The molecule has 0 aliphatic carbocycles. The van der Waals surface area contributed by atoms with E-state index < -0.39 is 51.1 Å². The van der Waals surface area contributed by atoms with Gasteiger partial charge in [-0.25, -0.2) is 4.57 Å². The van der Waals surface area contributed by atoms with Crippen LogP contribution in [-0.2, 0) is 37.5 Å². The van der Waals surface area contributed by atoms with Gasteiger partial charge in [0, 0.05) is 12.8 Å². The number of carboxylic acid groups (broad SMARTS) is 1. The molecule has 0 saturated carbocycles. The number of hydrogen-bond donors (Lipinski definition) is 3. The summed E-state index contributed by atoms with van der Waals surface area (Å²) in [5.74, 6) is -2.48. The fourth-order valence-corrected chi connectivity index (χ4v) is 6.71. The molecule has 0 amide bonds. The zero-order valence-corrected chi connectivity index (χ0v) is 37.7. The van der Waals surface area contributed by atoms with Crippen molar-refractivity contribution in [2.45, 2.75) is 199 Å². The van der Waals surface area contributed by atoms with Crippen molar-refractivity contribution in [2.75, 3.05) is 19.8 Å². The molecule has 0 rings (SSSR count). The highest BCUT2D eigenvalue weighted by molar-refractivity contribution is 7.47. The molecule has 0 heterocycles. The van der Waals surface area contributed by atoms with Gasteiger partial charge in [0.1, 0.15) is 12.6 Å². The van der Waals surface area contributed by atoms with E-state index in [-0.39, 0.29) is 19.4 Å². The topological polar surface area (TPSA) is 172 Å². The molecule has 0 radical (unpaired) electrons. The summed E-state index contributed by atoms with van der Waals surface area (Å²) in [4.78, 5) is 46.0. The van der Waals surface area contributed by atoms with Crippen molar-refractivity contribution in [3.05, 3.63) is 60.8 Å². The van der Waals surface area contributed by atoms with Crippen molar-refractivity contribution in [3.63, 3.8) is 0 Å². The Morgan fingerprint density at radius 1 is 0.525 bits per heavy atom. The maximum absolute atomic E-state index is 12.6. The van der Waals surface area contributed by atoms with Gasteiger partial charge in [0.2, 0.25) is 0 Å². The number of phosphoric acid groups is 1. The smallest absolute Gasteiger partial charge is 0.472 e. The molecule has 12 heteroatoms. The molecule has 0 aliphatic heterocycles. The van der Waals surface area contributed by atoms with E-state index in [1.807, 2.05) is 12.2 Å². The van der Waals surface area contributed by atoms with E-state index in [0.717, 1.165) is 44.9 Å². The molecule has 0 bridgehead atoms. The average molecular weight is 852 g/mol. The van der Waals surface area contributed by atoms with Crippen LogP contribution in [0.2, 0.25) is 0 Å². The quantitative estimate of drug-likeness (QED) is 0.0231. The molecule has 0 aliphatic rings. The first-order valence-electron chi connectivity index (χ1n) is 22.8. The third-order valence-corrected chi connectivity index (χ3v) is 10.5. The Balaban J connectivity index is 4.45. The standard InChI is InChI=1S/C47H82NO10P/c1-3-5-7-9-11-13-15-17-19-21-22-23-25-26-28-30-32-34-36-38-45(49)55-40-43(41-56-59(53,54)57-42-44(48)47(51)52)58-46(50)39-37-35-33-31-29-27-24-20-18-16-14-12-10-8-6-4-2/h11,13,17,19,22-23,26,28,32,34,43-44H,3-10,12,14-16,18,20-21,24-25,27,29-31,33,35-42,48H2,1-2H3,(H,51,52)(H,53,54)/b13-11+,19-17+,23-22+,28-26+,34-32+/t43-,44+/m1/s1. The van der Waals surface area contributed by atoms with Gasteiger partial charge in [0.25, 0.3) is 0 Å². The van der Waals surface area contributed by atoms with E-state index in [1.165, 1.54) is 103 Å². The molecule has 0 aromatic rings. The fourth-order valence-electron chi connectivity index (χ4n) is 5.93. The molecule has 340 valence electrons. The second-order valence-corrected chi connectivity index (χ2v) is 16.6. The average Bonchev–Trinajstić information content (AvgIpc) is 3.21. The maximum atomic E-state index is 12.6. The van der Waals surface area contributed by atoms with E-state index in [9.17, 15) is 23.8 Å². The number of allylic oxidation sites excluding steroid dienone is 10. The van der Waals surface area contributed by atoms with Crippen molar-refractivity contribution in [1.82, 2.24) is 0 Å². The Labute approximate surface area is 357 Å². The number of hydrogen-bond acceptors (Lipinski definition) is 9. The fraction of sp³-hybridized carbons (Fsp3) is 0.723. The molecular formula is C47H82NO10P. The van der Waals surface area contributed by atoms with Crippen molar-refractivity contribution < 1.29 is 47.5 Å². The van der Waals surface area contributed by atoms with Crippen LogP contribution in [0, 0.1) is 0 Å². The van der Waals surface area contributed by atoms with Gasteiger partial charge in [-0.3, -0.25) is 23.4 Å². The SMILES string of the molecule is CCCCC/C=C/C/C=C/C/C=C/C/C=C/C/C=C/CCC(=O)OC[C@H](COP(=O)(O)OC[C@H](N)C(=O)O)OC(=O)CCCCCCCCCCCCCCCCCC. The number of phosphoric ester groups is 1. The third-order valence-electron chi connectivity index (χ3n) is 9.53. The van der Waals surface area contributed by atoms with Crippen LogP contribution in [0.25, 0.3) is 0 Å². The lowest BCUT2D eigenvalue weighted by Gasteiger charge is -2.20. The number of aliphatic carboxylic acids is 1. The first kappa shape index (κ1) is 56.2. The number of unbranched alkanes of at least 4 members (excludes halogenated alkanes) is 18. The maximum Gasteiger partial charge on any atom is 0.472 e. The Bertz CT molecular complexity index is 1230. The molecule has 3 atom stereocenters. The van der Waals surface area contributed by atoms with Gasteiger partial charge in [-0.05, 0) is 51.4 Å². The van der Waals surface area contributed by atoms with Crippen LogP contribution in [-0.4, -0.2) is 59.9 Å². The highest BCUT2D eigenvalue weighted by Gasteiger charge is 2.28.